The molecule has 208 valence electrons. The number of ketones is 1. The van der Waals surface area contributed by atoms with Crippen molar-refractivity contribution in [1.29, 1.82) is 0 Å². The van der Waals surface area contributed by atoms with Crippen LogP contribution in [0.3, 0.4) is 0 Å². The van der Waals surface area contributed by atoms with Crippen molar-refractivity contribution in [2.45, 2.75) is 55.8 Å². The summed E-state index contributed by atoms with van der Waals surface area (Å²) in [6.45, 7) is 0.159. The fraction of sp³-hybridized carbons (Fsp3) is 0.344. The molecule has 1 saturated carbocycles. The minimum absolute atomic E-state index is 0.0473. The Hall–Kier alpha value is -3.04. The number of carbonyl (C=O) groups excluding carboxylic acids is 1. The van der Waals surface area contributed by atoms with Crippen LogP contribution in [0.2, 0.25) is 5.02 Å². The first-order valence-corrected chi connectivity index (χ1v) is 14.1. The quantitative estimate of drug-likeness (QED) is 0.229. The lowest BCUT2D eigenvalue weighted by molar-refractivity contribution is -0.242. The standard InChI is InChI=1S/C32H33ClN2O5/c33-24-7-4-8-25-28(24)23(15-19-9-11-20(12-10-19)21-13-14-21)18-35(25)32-31(39)30(38)29(37)27(40-32)17-34-16-26(36)22-5-2-1-3-6-22/h1-12,18,21,27,29-32,34,37-39H,13-17H2/t27-,29-,30+,31-,32-/m1/s1. The topological polar surface area (TPSA) is 104 Å². The number of fused-ring (bicyclic) bond motifs is 1. The van der Waals surface area contributed by atoms with E-state index in [1.807, 2.05) is 30.5 Å². The van der Waals surface area contributed by atoms with Crippen molar-refractivity contribution in [3.05, 3.63) is 106 Å². The number of nitrogens with one attached hydrogen (secondary N) is 1. The molecule has 2 heterocycles. The Morgan fingerprint density at radius 2 is 1.68 bits per heavy atom. The Labute approximate surface area is 238 Å². The van der Waals surface area contributed by atoms with E-state index in [0.29, 0.717) is 22.9 Å². The molecule has 1 aliphatic heterocycles. The average Bonchev–Trinajstić information content (AvgIpc) is 3.76. The van der Waals surface area contributed by atoms with E-state index < -0.39 is 30.6 Å². The van der Waals surface area contributed by atoms with Crippen molar-refractivity contribution >= 4 is 28.3 Å². The van der Waals surface area contributed by atoms with E-state index >= 15 is 0 Å². The highest BCUT2D eigenvalue weighted by Crippen LogP contribution is 2.40. The van der Waals surface area contributed by atoms with Crippen LogP contribution in [0.25, 0.3) is 10.9 Å². The largest absolute Gasteiger partial charge is 0.388 e. The summed E-state index contributed by atoms with van der Waals surface area (Å²) in [5, 5.41) is 36.9. The van der Waals surface area contributed by atoms with Crippen molar-refractivity contribution < 1.29 is 24.9 Å². The van der Waals surface area contributed by atoms with Gasteiger partial charge in [-0.1, -0.05) is 72.3 Å². The van der Waals surface area contributed by atoms with Crippen molar-refractivity contribution in [2.75, 3.05) is 13.1 Å². The Bertz CT molecular complexity index is 1480. The third-order valence-corrected chi connectivity index (χ3v) is 8.31. The third-order valence-electron chi connectivity index (χ3n) is 8.00. The van der Waals surface area contributed by atoms with Gasteiger partial charge in [0.05, 0.1) is 17.1 Å². The van der Waals surface area contributed by atoms with E-state index in [1.54, 1.807) is 28.8 Å². The summed E-state index contributed by atoms with van der Waals surface area (Å²) >= 11 is 6.67. The fourth-order valence-electron chi connectivity index (χ4n) is 5.62. The molecule has 2 aliphatic rings. The Balaban J connectivity index is 1.23. The van der Waals surface area contributed by atoms with Gasteiger partial charge in [-0.2, -0.15) is 0 Å². The molecule has 0 amide bonds. The van der Waals surface area contributed by atoms with E-state index in [2.05, 4.69) is 29.6 Å². The molecule has 2 fully saturated rings. The van der Waals surface area contributed by atoms with Gasteiger partial charge >= 0.3 is 0 Å². The summed E-state index contributed by atoms with van der Waals surface area (Å²) in [4.78, 5) is 12.5. The molecule has 1 aromatic heterocycles. The molecular formula is C32H33ClN2O5. The van der Waals surface area contributed by atoms with Crippen LogP contribution in [0.1, 0.15) is 52.0 Å². The van der Waals surface area contributed by atoms with Gasteiger partial charge < -0.3 is 29.9 Å². The number of aromatic nitrogens is 1. The smallest absolute Gasteiger partial charge is 0.176 e. The highest BCUT2D eigenvalue weighted by molar-refractivity contribution is 6.35. The van der Waals surface area contributed by atoms with Crippen LogP contribution in [0.4, 0.5) is 0 Å². The van der Waals surface area contributed by atoms with Crippen molar-refractivity contribution in [3.63, 3.8) is 0 Å². The lowest BCUT2D eigenvalue weighted by Gasteiger charge is -2.41. The lowest BCUT2D eigenvalue weighted by Crippen LogP contribution is -2.58. The van der Waals surface area contributed by atoms with Crippen LogP contribution < -0.4 is 5.32 Å². The van der Waals surface area contributed by atoms with E-state index in [1.165, 1.54) is 18.4 Å². The van der Waals surface area contributed by atoms with Crippen LogP contribution >= 0.6 is 11.6 Å². The summed E-state index contributed by atoms with van der Waals surface area (Å²) < 4.78 is 7.99. The predicted octanol–water partition coefficient (Wildman–Crippen LogP) is 4.22. The summed E-state index contributed by atoms with van der Waals surface area (Å²) in [5.74, 6) is 0.597. The molecule has 7 nitrogen and oxygen atoms in total. The van der Waals surface area contributed by atoms with Crippen molar-refractivity contribution in [1.82, 2.24) is 9.88 Å². The van der Waals surface area contributed by atoms with E-state index in [-0.39, 0.29) is 18.9 Å². The normalized spacial score (nSPS) is 24.9. The molecule has 1 saturated heterocycles. The molecular weight excluding hydrogens is 528 g/mol. The lowest BCUT2D eigenvalue weighted by atomic mass is 9.97. The molecule has 4 aromatic rings. The molecule has 0 bridgehead atoms. The highest BCUT2D eigenvalue weighted by Gasteiger charge is 2.44. The minimum atomic E-state index is -1.44. The second-order valence-corrected chi connectivity index (χ2v) is 11.3. The van der Waals surface area contributed by atoms with Gasteiger partial charge in [0.2, 0.25) is 0 Å². The zero-order chi connectivity index (χ0) is 27.8. The Morgan fingerprint density at radius 3 is 2.40 bits per heavy atom. The van der Waals surface area contributed by atoms with Crippen molar-refractivity contribution in [2.24, 2.45) is 0 Å². The summed E-state index contributed by atoms with van der Waals surface area (Å²) in [6.07, 6.45) is -0.919. The molecule has 4 N–H and O–H groups in total. The zero-order valence-electron chi connectivity index (χ0n) is 22.0. The molecule has 8 heteroatoms. The number of aliphatic hydroxyl groups excluding tert-OH is 3. The maximum absolute atomic E-state index is 12.5. The third kappa shape index (κ3) is 5.46. The number of hydrogen-bond donors (Lipinski definition) is 4. The van der Waals surface area contributed by atoms with Crippen molar-refractivity contribution in [3.8, 4) is 0 Å². The predicted molar refractivity (Wildman–Crippen MR) is 154 cm³/mol. The van der Waals surface area contributed by atoms with Crippen LogP contribution in [0, 0.1) is 0 Å². The van der Waals surface area contributed by atoms with E-state index in [4.69, 9.17) is 16.3 Å². The Morgan fingerprint density at radius 1 is 0.925 bits per heavy atom. The summed E-state index contributed by atoms with van der Waals surface area (Å²) in [7, 11) is 0. The zero-order valence-corrected chi connectivity index (χ0v) is 22.7. The van der Waals surface area contributed by atoms with Crippen LogP contribution in [-0.4, -0.2) is 63.2 Å². The number of ether oxygens (including phenoxy) is 1. The first-order valence-electron chi connectivity index (χ1n) is 13.8. The number of nitrogens with zero attached hydrogens (tertiary/aromatic N) is 1. The maximum atomic E-state index is 12.5. The van der Waals surface area contributed by atoms with Crippen LogP contribution in [0.15, 0.2) is 79.0 Å². The SMILES string of the molecule is O=C(CNC[C@H]1O[C@@H](n2cc(Cc3ccc(C4CC4)cc3)c3c(Cl)cccc32)[C@H](O)[C@@H](O)[C@@H]1O)c1ccccc1. The van der Waals surface area contributed by atoms with E-state index in [0.717, 1.165) is 22.0 Å². The molecule has 0 radical (unpaired) electrons. The van der Waals surface area contributed by atoms with Gasteiger partial charge in [-0.05, 0) is 54.0 Å². The fourth-order valence-corrected chi connectivity index (χ4v) is 5.91. The first-order chi connectivity index (χ1) is 19.4. The van der Waals surface area contributed by atoms with Gasteiger partial charge in [-0.25, -0.2) is 0 Å². The number of rotatable bonds is 9. The maximum Gasteiger partial charge on any atom is 0.176 e. The van der Waals surface area contributed by atoms with E-state index in [9.17, 15) is 20.1 Å². The molecule has 3 aromatic carbocycles. The average molecular weight is 561 g/mol. The van der Waals surface area contributed by atoms with Gasteiger partial charge in [0.1, 0.15) is 24.4 Å². The number of benzene rings is 3. The molecule has 0 spiro atoms. The molecule has 0 unspecified atom stereocenters. The number of hydrogen-bond acceptors (Lipinski definition) is 6. The monoisotopic (exact) mass is 560 g/mol. The van der Waals surface area contributed by atoms with Gasteiger partial charge in [0.15, 0.2) is 12.0 Å². The second-order valence-electron chi connectivity index (χ2n) is 10.8. The molecule has 5 atom stereocenters. The highest BCUT2D eigenvalue weighted by atomic mass is 35.5. The number of halogens is 1. The van der Waals surface area contributed by atoms with Gasteiger partial charge in [0.25, 0.3) is 0 Å². The number of Topliss-reactive ketones (excluding diaryl/α,β-unsaturated/α-hetero) is 1. The Kier molecular flexibility index (Phi) is 7.77. The summed E-state index contributed by atoms with van der Waals surface area (Å²) in [6, 6.07) is 23.2. The molecule has 1 aliphatic carbocycles. The van der Waals surface area contributed by atoms with Gasteiger partial charge in [-0.15, -0.1) is 0 Å². The van der Waals surface area contributed by atoms with Gasteiger partial charge in [-0.3, -0.25) is 4.79 Å². The van der Waals surface area contributed by atoms with Crippen LogP contribution in [-0.2, 0) is 11.2 Å². The molecule has 40 heavy (non-hydrogen) atoms. The van der Waals surface area contributed by atoms with Crippen LogP contribution in [0.5, 0.6) is 0 Å². The first kappa shape index (κ1) is 27.1. The van der Waals surface area contributed by atoms with Gasteiger partial charge in [0, 0.05) is 23.7 Å². The summed E-state index contributed by atoms with van der Waals surface area (Å²) in [5.41, 5.74) is 4.84. The number of aliphatic hydroxyl groups is 3. The number of carbonyl (C=O) groups is 1. The minimum Gasteiger partial charge on any atom is -0.388 e. The molecule has 6 rings (SSSR count). The second kappa shape index (κ2) is 11.4.